The Bertz CT molecular complexity index is 877. The lowest BCUT2D eigenvalue weighted by atomic mass is 10.2. The highest BCUT2D eigenvalue weighted by Crippen LogP contribution is 2.27. The summed E-state index contributed by atoms with van der Waals surface area (Å²) in [5.41, 5.74) is 1.98. The van der Waals surface area contributed by atoms with Crippen LogP contribution in [0.2, 0.25) is 0 Å². The predicted molar refractivity (Wildman–Crippen MR) is 90.4 cm³/mol. The summed E-state index contributed by atoms with van der Waals surface area (Å²) in [6, 6.07) is 7.57. The first kappa shape index (κ1) is 17.9. The Morgan fingerprint density at radius 3 is 2.76 bits per heavy atom. The topological polar surface area (TPSA) is 104 Å². The first-order valence-corrected chi connectivity index (χ1v) is 7.69. The van der Waals surface area contributed by atoms with Gasteiger partial charge < -0.3 is 19.0 Å². The van der Waals surface area contributed by atoms with E-state index in [-0.39, 0.29) is 12.2 Å². The third kappa shape index (κ3) is 3.73. The molecule has 2 aromatic heterocycles. The summed E-state index contributed by atoms with van der Waals surface area (Å²) in [5.74, 6) is 0.500. The van der Waals surface area contributed by atoms with Gasteiger partial charge in [-0.15, -0.1) is 0 Å². The molecule has 0 atom stereocenters. The standard InChI is InChI=1S/C18H18N4O3/c1-4-24-18(23)14(8-19)10-21-17-16(9-20)12(2)13(3)22(17)11-15-6-5-7-25-15/h5-7,10,21H,4,11H2,1-3H3. The Labute approximate surface area is 145 Å². The first-order valence-electron chi connectivity index (χ1n) is 7.69. The van der Waals surface area contributed by atoms with E-state index in [4.69, 9.17) is 14.4 Å². The molecule has 2 heterocycles. The van der Waals surface area contributed by atoms with Crippen LogP contribution < -0.4 is 5.32 Å². The lowest BCUT2D eigenvalue weighted by Crippen LogP contribution is -2.10. The van der Waals surface area contributed by atoms with Crippen LogP contribution in [0.5, 0.6) is 0 Å². The van der Waals surface area contributed by atoms with Crippen LogP contribution in [0.25, 0.3) is 0 Å². The fourth-order valence-corrected chi connectivity index (χ4v) is 2.39. The van der Waals surface area contributed by atoms with E-state index in [2.05, 4.69) is 11.4 Å². The molecule has 2 rings (SSSR count). The zero-order chi connectivity index (χ0) is 18.4. The molecule has 7 heteroatoms. The second kappa shape index (κ2) is 7.89. The van der Waals surface area contributed by atoms with Crippen LogP contribution in [-0.2, 0) is 16.1 Å². The maximum absolute atomic E-state index is 11.7. The van der Waals surface area contributed by atoms with Crippen LogP contribution in [0.3, 0.4) is 0 Å². The number of carbonyl (C=O) groups is 1. The zero-order valence-electron chi connectivity index (χ0n) is 14.3. The normalized spacial score (nSPS) is 10.8. The van der Waals surface area contributed by atoms with E-state index in [0.29, 0.717) is 17.9 Å². The molecule has 0 aromatic carbocycles. The Morgan fingerprint density at radius 1 is 1.44 bits per heavy atom. The van der Waals surface area contributed by atoms with Gasteiger partial charge in [-0.1, -0.05) is 0 Å². The molecule has 0 saturated heterocycles. The summed E-state index contributed by atoms with van der Waals surface area (Å²) < 4.78 is 12.1. The minimum atomic E-state index is -0.714. The SMILES string of the molecule is CCOC(=O)C(C#N)=CNc1c(C#N)c(C)c(C)n1Cc1ccco1. The fraction of sp³-hybridized carbons (Fsp3) is 0.278. The van der Waals surface area contributed by atoms with Gasteiger partial charge in [-0.2, -0.15) is 10.5 Å². The molecule has 0 fully saturated rings. The Balaban J connectivity index is 2.42. The number of nitriles is 2. The molecule has 0 radical (unpaired) electrons. The van der Waals surface area contributed by atoms with Crippen molar-refractivity contribution in [3.63, 3.8) is 0 Å². The van der Waals surface area contributed by atoms with Crippen molar-refractivity contribution in [2.24, 2.45) is 0 Å². The van der Waals surface area contributed by atoms with E-state index in [1.807, 2.05) is 24.5 Å². The highest BCUT2D eigenvalue weighted by atomic mass is 16.5. The maximum atomic E-state index is 11.7. The van der Waals surface area contributed by atoms with Crippen LogP contribution >= 0.6 is 0 Å². The summed E-state index contributed by atoms with van der Waals surface area (Å²) in [6.45, 7) is 5.99. The molecule has 0 bridgehead atoms. The molecule has 128 valence electrons. The second-order valence-corrected chi connectivity index (χ2v) is 5.25. The zero-order valence-corrected chi connectivity index (χ0v) is 14.3. The Hall–Kier alpha value is -3.45. The van der Waals surface area contributed by atoms with Crippen molar-refractivity contribution in [1.82, 2.24) is 4.57 Å². The van der Waals surface area contributed by atoms with Crippen molar-refractivity contribution in [2.45, 2.75) is 27.3 Å². The Kier molecular flexibility index (Phi) is 5.65. The third-order valence-electron chi connectivity index (χ3n) is 3.80. The monoisotopic (exact) mass is 338 g/mol. The number of hydrogen-bond acceptors (Lipinski definition) is 6. The molecule has 0 aliphatic carbocycles. The van der Waals surface area contributed by atoms with Crippen LogP contribution in [0.1, 0.15) is 29.5 Å². The summed E-state index contributed by atoms with van der Waals surface area (Å²) in [6.07, 6.45) is 2.83. The number of nitrogens with zero attached hydrogens (tertiary/aromatic N) is 3. The molecule has 7 nitrogen and oxygen atoms in total. The molecule has 1 N–H and O–H groups in total. The van der Waals surface area contributed by atoms with Crippen LogP contribution in [-0.4, -0.2) is 17.1 Å². The minimum absolute atomic E-state index is 0.174. The lowest BCUT2D eigenvalue weighted by molar-refractivity contribution is -0.138. The van der Waals surface area contributed by atoms with Gasteiger partial charge >= 0.3 is 5.97 Å². The number of esters is 1. The van der Waals surface area contributed by atoms with E-state index >= 15 is 0 Å². The van der Waals surface area contributed by atoms with Gasteiger partial charge in [0.05, 0.1) is 25.0 Å². The van der Waals surface area contributed by atoms with Crippen LogP contribution in [0, 0.1) is 36.5 Å². The van der Waals surface area contributed by atoms with Gasteiger partial charge in [-0.05, 0) is 38.5 Å². The molecule has 0 spiro atoms. The van der Waals surface area contributed by atoms with Crippen molar-refractivity contribution in [1.29, 1.82) is 10.5 Å². The predicted octanol–water partition coefficient (Wildman–Crippen LogP) is 3.00. The van der Waals surface area contributed by atoms with Crippen molar-refractivity contribution < 1.29 is 13.9 Å². The maximum Gasteiger partial charge on any atom is 0.350 e. The van der Waals surface area contributed by atoms with Crippen LogP contribution in [0.15, 0.2) is 34.6 Å². The highest BCUT2D eigenvalue weighted by Gasteiger charge is 2.19. The molecule has 2 aromatic rings. The quantitative estimate of drug-likeness (QED) is 0.493. The van der Waals surface area contributed by atoms with E-state index < -0.39 is 5.97 Å². The first-order chi connectivity index (χ1) is 12.0. The third-order valence-corrected chi connectivity index (χ3v) is 3.80. The summed E-state index contributed by atoms with van der Waals surface area (Å²) in [7, 11) is 0. The largest absolute Gasteiger partial charge is 0.467 e. The molecule has 0 saturated carbocycles. The Morgan fingerprint density at radius 2 is 2.20 bits per heavy atom. The molecule has 0 unspecified atom stereocenters. The van der Waals surface area contributed by atoms with Gasteiger partial charge in [-0.3, -0.25) is 0 Å². The molecular formula is C18H18N4O3. The minimum Gasteiger partial charge on any atom is -0.467 e. The summed E-state index contributed by atoms with van der Waals surface area (Å²) >= 11 is 0. The van der Waals surface area contributed by atoms with Crippen molar-refractivity contribution >= 4 is 11.8 Å². The average Bonchev–Trinajstić information content (AvgIpc) is 3.18. The van der Waals surface area contributed by atoms with Gasteiger partial charge in [0.1, 0.15) is 23.7 Å². The lowest BCUT2D eigenvalue weighted by Gasteiger charge is -2.10. The molecular weight excluding hydrogens is 320 g/mol. The number of nitrogens with one attached hydrogen (secondary N) is 1. The second-order valence-electron chi connectivity index (χ2n) is 5.25. The number of aromatic nitrogens is 1. The van der Waals surface area contributed by atoms with E-state index in [9.17, 15) is 10.1 Å². The average molecular weight is 338 g/mol. The van der Waals surface area contributed by atoms with Gasteiger partial charge in [0.2, 0.25) is 0 Å². The van der Waals surface area contributed by atoms with Crippen LogP contribution in [0.4, 0.5) is 5.82 Å². The molecule has 0 aliphatic heterocycles. The number of ether oxygens (including phenoxy) is 1. The van der Waals surface area contributed by atoms with E-state index in [1.165, 1.54) is 6.20 Å². The van der Waals surface area contributed by atoms with Gasteiger partial charge in [0, 0.05) is 11.9 Å². The van der Waals surface area contributed by atoms with Crippen molar-refractivity contribution in [2.75, 3.05) is 11.9 Å². The summed E-state index contributed by atoms with van der Waals surface area (Å²) in [4.78, 5) is 11.7. The van der Waals surface area contributed by atoms with E-state index in [1.54, 1.807) is 25.3 Å². The number of hydrogen-bond donors (Lipinski definition) is 1. The molecule has 25 heavy (non-hydrogen) atoms. The number of furan rings is 1. The van der Waals surface area contributed by atoms with Gasteiger partial charge in [0.25, 0.3) is 0 Å². The number of carbonyl (C=O) groups excluding carboxylic acids is 1. The van der Waals surface area contributed by atoms with Crippen molar-refractivity contribution in [3.8, 4) is 12.1 Å². The van der Waals surface area contributed by atoms with Gasteiger partial charge in [-0.25, -0.2) is 4.79 Å². The number of anilines is 1. The smallest absolute Gasteiger partial charge is 0.350 e. The fourth-order valence-electron chi connectivity index (χ4n) is 2.39. The van der Waals surface area contributed by atoms with Gasteiger partial charge in [0.15, 0.2) is 5.57 Å². The number of rotatable bonds is 6. The molecule has 0 amide bonds. The summed E-state index contributed by atoms with van der Waals surface area (Å²) in [5, 5.41) is 21.5. The molecule has 0 aliphatic rings. The van der Waals surface area contributed by atoms with E-state index in [0.717, 1.165) is 17.0 Å². The van der Waals surface area contributed by atoms with Crippen molar-refractivity contribution in [3.05, 3.63) is 52.8 Å². The highest BCUT2D eigenvalue weighted by molar-refractivity contribution is 5.93.